The second-order valence-corrected chi connectivity index (χ2v) is 6.05. The van der Waals surface area contributed by atoms with Gasteiger partial charge in [0.2, 0.25) is 0 Å². The van der Waals surface area contributed by atoms with E-state index in [1.54, 1.807) is 14.2 Å². The molecule has 0 bridgehead atoms. The van der Waals surface area contributed by atoms with E-state index in [4.69, 9.17) is 19.9 Å². The molecule has 0 radical (unpaired) electrons. The lowest BCUT2D eigenvalue weighted by Crippen LogP contribution is -2.14. The first kappa shape index (κ1) is 19.5. The van der Waals surface area contributed by atoms with Gasteiger partial charge in [-0.3, -0.25) is 5.10 Å². The first-order valence-electron chi connectivity index (χ1n) is 9.00. The van der Waals surface area contributed by atoms with Crippen LogP contribution in [-0.2, 0) is 6.54 Å². The van der Waals surface area contributed by atoms with E-state index in [0.29, 0.717) is 36.3 Å². The molecule has 0 aliphatic rings. The summed E-state index contributed by atoms with van der Waals surface area (Å²) in [6.45, 7) is 2.97. The maximum absolute atomic E-state index is 6.34. The Hall–Kier alpha value is -3.26. The molecule has 0 amide bonds. The zero-order valence-electron chi connectivity index (χ0n) is 16.2. The predicted molar refractivity (Wildman–Crippen MR) is 107 cm³/mol. The van der Waals surface area contributed by atoms with Gasteiger partial charge in [0.1, 0.15) is 11.6 Å². The van der Waals surface area contributed by atoms with Crippen LogP contribution in [0.3, 0.4) is 0 Å². The highest BCUT2D eigenvalue weighted by atomic mass is 16.5. The van der Waals surface area contributed by atoms with Gasteiger partial charge in [-0.1, -0.05) is 12.1 Å². The number of nitrogens with two attached hydrogens (primary N) is 1. The fraction of sp³-hybridized carbons (Fsp3) is 0.300. The molecule has 1 atom stereocenters. The topological polar surface area (TPSA) is 107 Å². The van der Waals surface area contributed by atoms with Gasteiger partial charge in [-0.2, -0.15) is 5.10 Å². The van der Waals surface area contributed by atoms with Crippen molar-refractivity contribution in [2.24, 2.45) is 5.73 Å². The van der Waals surface area contributed by atoms with Gasteiger partial charge < -0.3 is 25.3 Å². The third-order valence-corrected chi connectivity index (χ3v) is 4.20. The van der Waals surface area contributed by atoms with Crippen LogP contribution in [0.4, 0.5) is 5.69 Å². The molecule has 8 heteroatoms. The fourth-order valence-corrected chi connectivity index (χ4v) is 2.75. The van der Waals surface area contributed by atoms with Crippen molar-refractivity contribution >= 4 is 5.69 Å². The van der Waals surface area contributed by atoms with E-state index in [-0.39, 0.29) is 0 Å². The first-order valence-corrected chi connectivity index (χ1v) is 9.00. The fourth-order valence-electron chi connectivity index (χ4n) is 2.75. The molecule has 8 nitrogen and oxygen atoms in total. The van der Waals surface area contributed by atoms with Crippen LogP contribution in [0.15, 0.2) is 42.5 Å². The molecule has 4 N–H and O–H groups in total. The summed E-state index contributed by atoms with van der Waals surface area (Å²) in [4.78, 5) is 4.50. The quantitative estimate of drug-likeness (QED) is 0.521. The Morgan fingerprint density at radius 3 is 2.71 bits per heavy atom. The summed E-state index contributed by atoms with van der Waals surface area (Å²) in [5, 5.41) is 10.5. The molecular weight excluding hydrogens is 358 g/mol. The average Bonchev–Trinajstić information content (AvgIpc) is 3.21. The molecule has 0 fully saturated rings. The molecule has 2 aromatic carbocycles. The van der Waals surface area contributed by atoms with E-state index in [9.17, 15) is 0 Å². The lowest BCUT2D eigenvalue weighted by Gasteiger charge is -2.13. The van der Waals surface area contributed by atoms with Gasteiger partial charge in [-0.25, -0.2) is 4.98 Å². The maximum Gasteiger partial charge on any atom is 0.171 e. The van der Waals surface area contributed by atoms with Crippen molar-refractivity contribution < 1.29 is 14.2 Å². The maximum atomic E-state index is 6.34. The number of nitrogens with zero attached hydrogens (tertiary/aromatic N) is 2. The van der Waals surface area contributed by atoms with Crippen LogP contribution in [0.1, 0.15) is 30.2 Å². The molecule has 0 saturated carbocycles. The molecule has 28 heavy (non-hydrogen) atoms. The standard InChI is InChI=1S/C20H25N5O3/c1-4-28-16-9-8-13(10-17(16)27-3)19(21)20-23-18(24-25-20)12-22-14-6-5-7-15(11-14)26-2/h5-11,19,22H,4,12,21H2,1-3H3,(H,23,24,25)/t19-/m0/s1. The Labute approximate surface area is 164 Å². The van der Waals surface area contributed by atoms with E-state index >= 15 is 0 Å². The van der Waals surface area contributed by atoms with Crippen molar-refractivity contribution in [3.05, 3.63) is 59.7 Å². The van der Waals surface area contributed by atoms with E-state index < -0.39 is 6.04 Å². The SMILES string of the molecule is CCOc1ccc([C@H](N)c2n[nH]c(CNc3cccc(OC)c3)n2)cc1OC. The molecule has 0 aliphatic carbocycles. The Balaban J connectivity index is 1.69. The van der Waals surface area contributed by atoms with Gasteiger partial charge in [0.15, 0.2) is 17.3 Å². The third-order valence-electron chi connectivity index (χ3n) is 4.20. The number of aromatic amines is 1. The van der Waals surface area contributed by atoms with Crippen molar-refractivity contribution in [1.29, 1.82) is 0 Å². The summed E-state index contributed by atoms with van der Waals surface area (Å²) >= 11 is 0. The summed E-state index contributed by atoms with van der Waals surface area (Å²) in [6, 6.07) is 12.8. The number of aromatic nitrogens is 3. The van der Waals surface area contributed by atoms with Crippen molar-refractivity contribution in [2.75, 3.05) is 26.1 Å². The Morgan fingerprint density at radius 1 is 1.11 bits per heavy atom. The molecule has 0 spiro atoms. The zero-order chi connectivity index (χ0) is 19.9. The van der Waals surface area contributed by atoms with Crippen molar-refractivity contribution in [2.45, 2.75) is 19.5 Å². The van der Waals surface area contributed by atoms with E-state index in [2.05, 4.69) is 20.5 Å². The summed E-state index contributed by atoms with van der Waals surface area (Å²) in [7, 11) is 3.24. The minimum Gasteiger partial charge on any atom is -0.497 e. The first-order chi connectivity index (χ1) is 13.6. The summed E-state index contributed by atoms with van der Waals surface area (Å²) in [6.07, 6.45) is 0. The minimum atomic E-state index is -0.480. The van der Waals surface area contributed by atoms with Crippen LogP contribution < -0.4 is 25.3 Å². The number of H-pyrrole nitrogens is 1. The molecule has 1 aromatic heterocycles. The number of hydrogen-bond donors (Lipinski definition) is 3. The lowest BCUT2D eigenvalue weighted by molar-refractivity contribution is 0.310. The number of methoxy groups -OCH3 is 2. The molecule has 3 aromatic rings. The Bertz CT molecular complexity index is 912. The lowest BCUT2D eigenvalue weighted by atomic mass is 10.1. The number of ether oxygens (including phenoxy) is 3. The molecule has 0 unspecified atom stereocenters. The monoisotopic (exact) mass is 383 g/mol. The summed E-state index contributed by atoms with van der Waals surface area (Å²) < 4.78 is 16.2. The van der Waals surface area contributed by atoms with Crippen LogP contribution >= 0.6 is 0 Å². The van der Waals surface area contributed by atoms with Gasteiger partial charge in [0.05, 0.1) is 33.4 Å². The molecule has 3 rings (SSSR count). The number of nitrogens with one attached hydrogen (secondary N) is 2. The van der Waals surface area contributed by atoms with E-state index in [1.807, 2.05) is 49.4 Å². The van der Waals surface area contributed by atoms with Crippen LogP contribution in [0.2, 0.25) is 0 Å². The normalized spacial score (nSPS) is 11.7. The number of benzene rings is 2. The van der Waals surface area contributed by atoms with Crippen LogP contribution in [0.5, 0.6) is 17.2 Å². The Morgan fingerprint density at radius 2 is 1.96 bits per heavy atom. The molecule has 148 valence electrons. The van der Waals surface area contributed by atoms with Gasteiger partial charge in [-0.05, 0) is 36.8 Å². The third kappa shape index (κ3) is 4.52. The molecular formula is C20H25N5O3. The second-order valence-electron chi connectivity index (χ2n) is 6.05. The second kappa shape index (κ2) is 9.09. The zero-order valence-corrected chi connectivity index (χ0v) is 16.2. The summed E-state index contributed by atoms with van der Waals surface area (Å²) in [5.74, 6) is 3.29. The number of anilines is 1. The van der Waals surface area contributed by atoms with Crippen molar-refractivity contribution in [3.8, 4) is 17.2 Å². The van der Waals surface area contributed by atoms with Crippen LogP contribution in [-0.4, -0.2) is 36.0 Å². The van der Waals surface area contributed by atoms with Crippen LogP contribution in [0, 0.1) is 0 Å². The van der Waals surface area contributed by atoms with E-state index in [0.717, 1.165) is 17.0 Å². The highest BCUT2D eigenvalue weighted by molar-refractivity contribution is 5.48. The average molecular weight is 383 g/mol. The van der Waals surface area contributed by atoms with Gasteiger partial charge in [0.25, 0.3) is 0 Å². The highest BCUT2D eigenvalue weighted by Crippen LogP contribution is 2.31. The molecule has 0 saturated heterocycles. The number of hydrogen-bond acceptors (Lipinski definition) is 7. The number of rotatable bonds is 9. The van der Waals surface area contributed by atoms with Crippen molar-refractivity contribution in [1.82, 2.24) is 15.2 Å². The minimum absolute atomic E-state index is 0.480. The van der Waals surface area contributed by atoms with E-state index in [1.165, 1.54) is 0 Å². The molecule has 0 aliphatic heterocycles. The van der Waals surface area contributed by atoms with Gasteiger partial charge in [0, 0.05) is 11.8 Å². The Kier molecular flexibility index (Phi) is 6.33. The smallest absolute Gasteiger partial charge is 0.171 e. The predicted octanol–water partition coefficient (Wildman–Crippen LogP) is 2.88. The summed E-state index contributed by atoms with van der Waals surface area (Å²) in [5.41, 5.74) is 8.11. The highest BCUT2D eigenvalue weighted by Gasteiger charge is 2.17. The van der Waals surface area contributed by atoms with Gasteiger partial charge >= 0.3 is 0 Å². The van der Waals surface area contributed by atoms with Crippen molar-refractivity contribution in [3.63, 3.8) is 0 Å². The molecule has 1 heterocycles. The van der Waals surface area contributed by atoms with Gasteiger partial charge in [-0.15, -0.1) is 0 Å². The van der Waals surface area contributed by atoms with Crippen LogP contribution in [0.25, 0.3) is 0 Å². The largest absolute Gasteiger partial charge is 0.497 e.